The Morgan fingerprint density at radius 3 is 2.88 bits per heavy atom. The lowest BCUT2D eigenvalue weighted by Crippen LogP contribution is -2.57. The van der Waals surface area contributed by atoms with Gasteiger partial charge in [-0.2, -0.15) is 4.31 Å². The van der Waals surface area contributed by atoms with Crippen molar-refractivity contribution in [2.24, 2.45) is 5.92 Å². The molecule has 0 bridgehead atoms. The lowest BCUT2D eigenvalue weighted by atomic mass is 9.77. The van der Waals surface area contributed by atoms with Crippen molar-refractivity contribution in [1.29, 1.82) is 0 Å². The van der Waals surface area contributed by atoms with Crippen LogP contribution in [0, 0.1) is 5.92 Å². The molecular formula is C19H28N2O3S. The molecule has 0 N–H and O–H groups in total. The summed E-state index contributed by atoms with van der Waals surface area (Å²) in [7, 11) is -3.13. The number of piperidine rings is 2. The van der Waals surface area contributed by atoms with Gasteiger partial charge in [-0.3, -0.25) is 4.90 Å². The fraction of sp³-hybridized carbons (Fsp3) is 0.684. The molecule has 2 fully saturated rings. The SMILES string of the molecule is CCOc1ccc2c(c1)CCN1CC3CCCN(S(C)(=O)=O)C3CC21. The number of benzene rings is 1. The summed E-state index contributed by atoms with van der Waals surface area (Å²) >= 11 is 0. The van der Waals surface area contributed by atoms with Gasteiger partial charge in [-0.05, 0) is 61.8 Å². The number of ether oxygens (including phenoxy) is 1. The zero-order chi connectivity index (χ0) is 17.6. The van der Waals surface area contributed by atoms with Gasteiger partial charge in [-0.1, -0.05) is 6.07 Å². The van der Waals surface area contributed by atoms with Gasteiger partial charge in [0.1, 0.15) is 5.75 Å². The van der Waals surface area contributed by atoms with Crippen LogP contribution in [0.3, 0.4) is 0 Å². The van der Waals surface area contributed by atoms with Crippen molar-refractivity contribution in [3.05, 3.63) is 29.3 Å². The lowest BCUT2D eigenvalue weighted by Gasteiger charge is -2.51. The smallest absolute Gasteiger partial charge is 0.211 e. The maximum absolute atomic E-state index is 12.3. The van der Waals surface area contributed by atoms with Crippen molar-refractivity contribution < 1.29 is 13.2 Å². The third kappa shape index (κ3) is 3.20. The maximum atomic E-state index is 12.3. The van der Waals surface area contributed by atoms with Gasteiger partial charge in [-0.15, -0.1) is 0 Å². The quantitative estimate of drug-likeness (QED) is 0.827. The standard InChI is InChI=1S/C19H28N2O3S/c1-3-24-16-6-7-17-14(11-16)8-10-20-13-15-5-4-9-21(25(2,22)23)18(15)12-19(17)20/h6-7,11,15,18-19H,3-5,8-10,12-13H2,1-2H3. The highest BCUT2D eigenvalue weighted by atomic mass is 32.2. The average Bonchev–Trinajstić information content (AvgIpc) is 2.58. The second-order valence-electron chi connectivity index (χ2n) is 7.63. The van der Waals surface area contributed by atoms with Crippen molar-refractivity contribution in [3.63, 3.8) is 0 Å². The Hall–Kier alpha value is -1.11. The first-order valence-electron chi connectivity index (χ1n) is 9.44. The van der Waals surface area contributed by atoms with Crippen molar-refractivity contribution >= 4 is 10.0 Å². The molecule has 6 heteroatoms. The Morgan fingerprint density at radius 1 is 1.28 bits per heavy atom. The van der Waals surface area contributed by atoms with Crippen LogP contribution in [0.2, 0.25) is 0 Å². The molecule has 3 aliphatic rings. The summed E-state index contributed by atoms with van der Waals surface area (Å²) in [6, 6.07) is 6.93. The van der Waals surface area contributed by atoms with Gasteiger partial charge in [0, 0.05) is 31.7 Å². The van der Waals surface area contributed by atoms with Gasteiger partial charge >= 0.3 is 0 Å². The largest absolute Gasteiger partial charge is 0.494 e. The summed E-state index contributed by atoms with van der Waals surface area (Å²) < 4.78 is 32.0. The van der Waals surface area contributed by atoms with Crippen LogP contribution in [-0.2, 0) is 16.4 Å². The summed E-state index contributed by atoms with van der Waals surface area (Å²) in [5.74, 6) is 1.42. The minimum atomic E-state index is -3.13. The van der Waals surface area contributed by atoms with E-state index in [9.17, 15) is 8.42 Å². The van der Waals surface area contributed by atoms with Crippen LogP contribution < -0.4 is 4.74 Å². The number of hydrogen-bond donors (Lipinski definition) is 0. The van der Waals surface area contributed by atoms with E-state index in [4.69, 9.17) is 4.74 Å². The third-order valence-electron chi connectivity index (χ3n) is 6.12. The second kappa shape index (κ2) is 6.56. The molecule has 0 spiro atoms. The van der Waals surface area contributed by atoms with Crippen molar-refractivity contribution in [3.8, 4) is 5.75 Å². The Kier molecular flexibility index (Phi) is 4.54. The summed E-state index contributed by atoms with van der Waals surface area (Å²) in [6.45, 7) is 5.46. The van der Waals surface area contributed by atoms with Crippen molar-refractivity contribution in [2.75, 3.05) is 32.5 Å². The molecule has 2 saturated heterocycles. The zero-order valence-corrected chi connectivity index (χ0v) is 16.0. The number of sulfonamides is 1. The molecule has 1 aromatic carbocycles. The molecule has 3 heterocycles. The average molecular weight is 365 g/mol. The van der Waals surface area contributed by atoms with Gasteiger partial charge in [-0.25, -0.2) is 8.42 Å². The van der Waals surface area contributed by atoms with E-state index in [-0.39, 0.29) is 6.04 Å². The maximum Gasteiger partial charge on any atom is 0.211 e. The minimum Gasteiger partial charge on any atom is -0.494 e. The Bertz CT molecular complexity index is 749. The zero-order valence-electron chi connectivity index (χ0n) is 15.1. The Morgan fingerprint density at radius 2 is 2.12 bits per heavy atom. The van der Waals surface area contributed by atoms with E-state index in [1.165, 1.54) is 17.4 Å². The van der Waals surface area contributed by atoms with E-state index in [0.29, 0.717) is 25.1 Å². The number of rotatable bonds is 3. The molecule has 1 aromatic rings. The van der Waals surface area contributed by atoms with Gasteiger partial charge in [0.15, 0.2) is 0 Å². The first-order valence-corrected chi connectivity index (χ1v) is 11.3. The summed E-state index contributed by atoms with van der Waals surface area (Å²) in [6.07, 6.45) is 5.47. The highest BCUT2D eigenvalue weighted by Crippen LogP contribution is 2.43. The fourth-order valence-electron chi connectivity index (χ4n) is 5.06. The van der Waals surface area contributed by atoms with Crippen LogP contribution in [0.1, 0.15) is 43.4 Å². The van der Waals surface area contributed by atoms with E-state index < -0.39 is 10.0 Å². The number of hydrogen-bond acceptors (Lipinski definition) is 4. The first-order chi connectivity index (χ1) is 12.0. The summed E-state index contributed by atoms with van der Waals surface area (Å²) in [4.78, 5) is 2.58. The van der Waals surface area contributed by atoms with Crippen LogP contribution in [-0.4, -0.2) is 56.2 Å². The van der Waals surface area contributed by atoms with Crippen molar-refractivity contribution in [1.82, 2.24) is 9.21 Å². The molecule has 0 amide bonds. The molecule has 3 aliphatic heterocycles. The molecule has 5 nitrogen and oxygen atoms in total. The molecule has 0 aromatic heterocycles. The van der Waals surface area contributed by atoms with E-state index in [0.717, 1.165) is 44.5 Å². The van der Waals surface area contributed by atoms with E-state index in [1.807, 2.05) is 6.92 Å². The van der Waals surface area contributed by atoms with Crippen molar-refractivity contribution in [2.45, 2.75) is 44.7 Å². The highest BCUT2D eigenvalue weighted by Gasteiger charge is 2.44. The molecule has 0 saturated carbocycles. The Balaban J connectivity index is 1.63. The molecule has 138 valence electrons. The predicted molar refractivity (Wildman–Crippen MR) is 98.3 cm³/mol. The normalized spacial score (nSPS) is 30.2. The fourth-order valence-corrected chi connectivity index (χ4v) is 6.27. The summed E-state index contributed by atoms with van der Waals surface area (Å²) in [5, 5.41) is 0. The lowest BCUT2D eigenvalue weighted by molar-refractivity contribution is 0.0222. The number of nitrogens with zero attached hydrogens (tertiary/aromatic N) is 2. The summed E-state index contributed by atoms with van der Waals surface area (Å²) in [5.41, 5.74) is 2.74. The Labute approximate surface area is 151 Å². The molecule has 4 rings (SSSR count). The number of fused-ring (bicyclic) bond motifs is 4. The van der Waals surface area contributed by atoms with Gasteiger partial charge in [0.05, 0.1) is 12.9 Å². The third-order valence-corrected chi connectivity index (χ3v) is 7.43. The molecule has 3 unspecified atom stereocenters. The van der Waals surface area contributed by atoms with Crippen LogP contribution in [0.4, 0.5) is 0 Å². The molecular weight excluding hydrogens is 336 g/mol. The molecule has 0 radical (unpaired) electrons. The monoisotopic (exact) mass is 364 g/mol. The van der Waals surface area contributed by atoms with Gasteiger partial charge in [0.25, 0.3) is 0 Å². The molecule has 25 heavy (non-hydrogen) atoms. The first kappa shape index (κ1) is 17.3. The highest BCUT2D eigenvalue weighted by molar-refractivity contribution is 7.88. The van der Waals surface area contributed by atoms with Gasteiger partial charge in [0.2, 0.25) is 10.0 Å². The molecule has 0 aliphatic carbocycles. The van der Waals surface area contributed by atoms with Crippen LogP contribution in [0.15, 0.2) is 18.2 Å². The van der Waals surface area contributed by atoms with Crippen LogP contribution >= 0.6 is 0 Å². The minimum absolute atomic E-state index is 0.155. The molecule has 3 atom stereocenters. The van der Waals surface area contributed by atoms with E-state index in [1.54, 1.807) is 4.31 Å². The predicted octanol–water partition coefficient (Wildman–Crippen LogP) is 2.43. The van der Waals surface area contributed by atoms with Gasteiger partial charge < -0.3 is 4.74 Å². The van der Waals surface area contributed by atoms with E-state index >= 15 is 0 Å². The van der Waals surface area contributed by atoms with E-state index in [2.05, 4.69) is 23.1 Å². The van der Waals surface area contributed by atoms with Crippen LogP contribution in [0.25, 0.3) is 0 Å². The second-order valence-corrected chi connectivity index (χ2v) is 9.57. The van der Waals surface area contributed by atoms with Crippen LogP contribution in [0.5, 0.6) is 5.75 Å². The topological polar surface area (TPSA) is 49.9 Å².